The highest BCUT2D eigenvalue weighted by atomic mass is 79.9. The summed E-state index contributed by atoms with van der Waals surface area (Å²) in [4.78, 5) is 10.7. The lowest BCUT2D eigenvalue weighted by molar-refractivity contribution is 0.111. The van der Waals surface area contributed by atoms with Gasteiger partial charge in [0.15, 0.2) is 6.29 Å². The maximum Gasteiger partial charge on any atom is 0.153 e. The van der Waals surface area contributed by atoms with Gasteiger partial charge in [0.05, 0.1) is 12.2 Å². The van der Waals surface area contributed by atoms with Crippen LogP contribution < -0.4 is 4.74 Å². The molecule has 74 valence electrons. The van der Waals surface area contributed by atoms with E-state index in [9.17, 15) is 4.79 Å². The Morgan fingerprint density at radius 2 is 2.29 bits per heavy atom. The minimum atomic E-state index is 0.619. The van der Waals surface area contributed by atoms with Crippen LogP contribution in [0.15, 0.2) is 22.7 Å². The highest BCUT2D eigenvalue weighted by Crippen LogP contribution is 2.30. The molecular formula is C11H11BrO2. The van der Waals surface area contributed by atoms with Gasteiger partial charge < -0.3 is 4.74 Å². The van der Waals surface area contributed by atoms with Crippen LogP contribution in [0.5, 0.6) is 5.75 Å². The Balaban J connectivity index is 2.11. The Morgan fingerprint density at radius 3 is 2.93 bits per heavy atom. The van der Waals surface area contributed by atoms with Crippen molar-refractivity contribution < 1.29 is 9.53 Å². The molecular weight excluding hydrogens is 244 g/mol. The number of aldehydes is 1. The zero-order valence-electron chi connectivity index (χ0n) is 7.70. The van der Waals surface area contributed by atoms with Gasteiger partial charge in [-0.05, 0) is 37.0 Å². The van der Waals surface area contributed by atoms with Gasteiger partial charge in [0.1, 0.15) is 5.75 Å². The largest absolute Gasteiger partial charge is 0.493 e. The van der Waals surface area contributed by atoms with Crippen molar-refractivity contribution in [1.29, 1.82) is 0 Å². The summed E-state index contributed by atoms with van der Waals surface area (Å²) in [6, 6.07) is 5.44. The lowest BCUT2D eigenvalue weighted by atomic mass is 10.2. The number of benzene rings is 1. The summed E-state index contributed by atoms with van der Waals surface area (Å²) < 4.78 is 6.51. The third-order valence-corrected chi connectivity index (χ3v) is 2.77. The first-order valence-electron chi connectivity index (χ1n) is 4.67. The van der Waals surface area contributed by atoms with E-state index in [0.717, 1.165) is 17.4 Å². The summed E-state index contributed by atoms with van der Waals surface area (Å²) in [5, 5.41) is 0. The van der Waals surface area contributed by atoms with E-state index in [1.165, 1.54) is 12.8 Å². The molecule has 0 heterocycles. The van der Waals surface area contributed by atoms with E-state index in [1.54, 1.807) is 6.07 Å². The lowest BCUT2D eigenvalue weighted by Gasteiger charge is -2.07. The van der Waals surface area contributed by atoms with Crippen LogP contribution in [0.4, 0.5) is 0 Å². The molecule has 0 aromatic heterocycles. The predicted octanol–water partition coefficient (Wildman–Crippen LogP) is 3.05. The van der Waals surface area contributed by atoms with Gasteiger partial charge in [-0.25, -0.2) is 0 Å². The van der Waals surface area contributed by atoms with E-state index in [-0.39, 0.29) is 0 Å². The average Bonchev–Trinajstić information content (AvgIpc) is 2.98. The smallest absolute Gasteiger partial charge is 0.153 e. The summed E-state index contributed by atoms with van der Waals surface area (Å²) in [5.41, 5.74) is 0.619. The Kier molecular flexibility index (Phi) is 2.87. The molecule has 0 bridgehead atoms. The van der Waals surface area contributed by atoms with Crippen molar-refractivity contribution in [3.63, 3.8) is 0 Å². The number of rotatable bonds is 4. The predicted molar refractivity (Wildman–Crippen MR) is 57.7 cm³/mol. The number of hydrogen-bond donors (Lipinski definition) is 0. The molecule has 0 aliphatic heterocycles. The Hall–Kier alpha value is -0.830. The normalized spacial score (nSPS) is 15.2. The number of hydrogen-bond acceptors (Lipinski definition) is 2. The van der Waals surface area contributed by atoms with E-state index < -0.39 is 0 Å². The molecule has 1 aromatic carbocycles. The first kappa shape index (κ1) is 9.71. The Morgan fingerprint density at radius 1 is 1.50 bits per heavy atom. The van der Waals surface area contributed by atoms with E-state index in [1.807, 2.05) is 12.1 Å². The molecule has 0 unspecified atom stereocenters. The molecule has 14 heavy (non-hydrogen) atoms. The van der Waals surface area contributed by atoms with Gasteiger partial charge in [0.2, 0.25) is 0 Å². The standard InChI is InChI=1S/C11H11BrO2/c12-10-4-3-9(6-13)11(5-10)14-7-8-1-2-8/h3-6,8H,1-2,7H2. The lowest BCUT2D eigenvalue weighted by Crippen LogP contribution is -2.01. The number of halogens is 1. The molecule has 0 saturated heterocycles. The van der Waals surface area contributed by atoms with E-state index in [4.69, 9.17) is 4.74 Å². The van der Waals surface area contributed by atoms with Crippen molar-refractivity contribution >= 4 is 22.2 Å². The average molecular weight is 255 g/mol. The number of ether oxygens (including phenoxy) is 1. The van der Waals surface area contributed by atoms with Gasteiger partial charge in [0.25, 0.3) is 0 Å². The molecule has 1 aromatic rings. The summed E-state index contributed by atoms with van der Waals surface area (Å²) in [5.74, 6) is 1.38. The topological polar surface area (TPSA) is 26.3 Å². The van der Waals surface area contributed by atoms with Crippen LogP contribution in [0.2, 0.25) is 0 Å². The van der Waals surface area contributed by atoms with Crippen molar-refractivity contribution in [2.75, 3.05) is 6.61 Å². The third-order valence-electron chi connectivity index (χ3n) is 2.27. The first-order chi connectivity index (χ1) is 6.79. The van der Waals surface area contributed by atoms with Crippen LogP contribution in [-0.2, 0) is 0 Å². The van der Waals surface area contributed by atoms with Crippen LogP contribution >= 0.6 is 15.9 Å². The molecule has 1 saturated carbocycles. The highest BCUT2D eigenvalue weighted by molar-refractivity contribution is 9.10. The molecule has 2 nitrogen and oxygen atoms in total. The minimum absolute atomic E-state index is 0.619. The van der Waals surface area contributed by atoms with Crippen LogP contribution in [-0.4, -0.2) is 12.9 Å². The van der Waals surface area contributed by atoms with Crippen LogP contribution in [0.3, 0.4) is 0 Å². The second-order valence-electron chi connectivity index (χ2n) is 3.55. The maximum absolute atomic E-state index is 10.7. The van der Waals surface area contributed by atoms with E-state index in [2.05, 4.69) is 15.9 Å². The fourth-order valence-corrected chi connectivity index (χ4v) is 1.56. The van der Waals surface area contributed by atoms with E-state index in [0.29, 0.717) is 17.2 Å². The summed E-state index contributed by atoms with van der Waals surface area (Å²) in [6.45, 7) is 0.733. The molecule has 0 spiro atoms. The fraction of sp³-hybridized carbons (Fsp3) is 0.364. The van der Waals surface area contributed by atoms with Crippen molar-refractivity contribution in [3.8, 4) is 5.75 Å². The molecule has 1 fully saturated rings. The van der Waals surface area contributed by atoms with Gasteiger partial charge in [0, 0.05) is 4.47 Å². The number of carbonyl (C=O) groups is 1. The second-order valence-corrected chi connectivity index (χ2v) is 4.47. The highest BCUT2D eigenvalue weighted by Gasteiger charge is 2.22. The summed E-state index contributed by atoms with van der Waals surface area (Å²) in [6.07, 6.45) is 3.34. The molecule has 1 aliphatic rings. The van der Waals surface area contributed by atoms with Crippen molar-refractivity contribution in [1.82, 2.24) is 0 Å². The SMILES string of the molecule is O=Cc1ccc(Br)cc1OCC1CC1. The van der Waals surface area contributed by atoms with Crippen molar-refractivity contribution in [2.24, 2.45) is 5.92 Å². The number of carbonyl (C=O) groups excluding carboxylic acids is 1. The summed E-state index contributed by atoms with van der Waals surface area (Å²) in [7, 11) is 0. The molecule has 3 heteroatoms. The molecule has 0 amide bonds. The van der Waals surface area contributed by atoms with Gasteiger partial charge in [-0.2, -0.15) is 0 Å². The molecule has 2 rings (SSSR count). The van der Waals surface area contributed by atoms with E-state index >= 15 is 0 Å². The van der Waals surface area contributed by atoms with Gasteiger partial charge in [-0.3, -0.25) is 4.79 Å². The molecule has 0 atom stereocenters. The third kappa shape index (κ3) is 2.35. The van der Waals surface area contributed by atoms with Crippen LogP contribution in [0.25, 0.3) is 0 Å². The Bertz CT molecular complexity index is 345. The fourth-order valence-electron chi connectivity index (χ4n) is 1.22. The zero-order chi connectivity index (χ0) is 9.97. The molecule has 0 N–H and O–H groups in total. The maximum atomic E-state index is 10.7. The van der Waals surface area contributed by atoms with Crippen molar-refractivity contribution in [3.05, 3.63) is 28.2 Å². The summed E-state index contributed by atoms with van der Waals surface area (Å²) >= 11 is 3.35. The Labute approximate surface area is 91.4 Å². The molecule has 0 radical (unpaired) electrons. The van der Waals surface area contributed by atoms with Gasteiger partial charge in [-0.1, -0.05) is 15.9 Å². The minimum Gasteiger partial charge on any atom is -0.493 e. The van der Waals surface area contributed by atoms with Crippen molar-refractivity contribution in [2.45, 2.75) is 12.8 Å². The quantitative estimate of drug-likeness (QED) is 0.773. The van der Waals surface area contributed by atoms with Gasteiger partial charge in [-0.15, -0.1) is 0 Å². The van der Waals surface area contributed by atoms with Crippen LogP contribution in [0, 0.1) is 5.92 Å². The van der Waals surface area contributed by atoms with Crippen LogP contribution in [0.1, 0.15) is 23.2 Å². The van der Waals surface area contributed by atoms with Gasteiger partial charge >= 0.3 is 0 Å². The molecule has 1 aliphatic carbocycles. The zero-order valence-corrected chi connectivity index (χ0v) is 9.29. The second kappa shape index (κ2) is 4.13. The first-order valence-corrected chi connectivity index (χ1v) is 5.46. The monoisotopic (exact) mass is 254 g/mol.